The van der Waals surface area contributed by atoms with E-state index in [4.69, 9.17) is 5.73 Å². The minimum Gasteiger partial charge on any atom is -0.372 e. The van der Waals surface area contributed by atoms with Crippen molar-refractivity contribution < 1.29 is 36.7 Å². The van der Waals surface area contributed by atoms with E-state index in [1.807, 2.05) is 19.6 Å². The SMILES string of the molecule is CN1CCN([C@@H]2CCCN(c3nnc(C(N)=O)c(Nc4ccc(N5CCN(CC6CCN(c7ccc(N8CCC(=O)NC8=O)c(C(F)(F)F)c7)CC6)CC5)c(F)c4)n3)C2)C1=O. The predicted molar refractivity (Wildman–Crippen MR) is 219 cm³/mol. The molecule has 21 heteroatoms. The zero-order valence-corrected chi connectivity index (χ0v) is 33.8. The maximum absolute atomic E-state index is 15.7. The minimum atomic E-state index is -4.69. The lowest BCUT2D eigenvalue weighted by Gasteiger charge is -2.40. The molecule has 5 fully saturated rings. The fourth-order valence-corrected chi connectivity index (χ4v) is 8.97. The smallest absolute Gasteiger partial charge is 0.372 e. The van der Waals surface area contributed by atoms with Gasteiger partial charge in [-0.1, -0.05) is 0 Å². The number of nitrogens with two attached hydrogens (primary N) is 1. The van der Waals surface area contributed by atoms with Crippen LogP contribution in [0, 0.1) is 11.7 Å². The summed E-state index contributed by atoms with van der Waals surface area (Å²) in [6.45, 7) is 6.94. The van der Waals surface area contributed by atoms with Gasteiger partial charge in [0.15, 0.2) is 11.5 Å². The first-order valence-corrected chi connectivity index (χ1v) is 20.6. The van der Waals surface area contributed by atoms with Crippen molar-refractivity contribution in [3.63, 3.8) is 0 Å². The number of carbonyl (C=O) groups excluding carboxylic acids is 4. The molecular formula is C40H49F4N13O4. The molecule has 61 heavy (non-hydrogen) atoms. The molecule has 5 aliphatic rings. The van der Waals surface area contributed by atoms with Crippen LogP contribution in [0.5, 0.6) is 0 Å². The van der Waals surface area contributed by atoms with E-state index in [2.05, 4.69) is 30.7 Å². The van der Waals surface area contributed by atoms with Crippen LogP contribution in [0.25, 0.3) is 0 Å². The minimum absolute atomic E-state index is 0.00950. The molecule has 0 aliphatic carbocycles. The van der Waals surface area contributed by atoms with Crippen LogP contribution in [0.3, 0.4) is 0 Å². The molecule has 17 nitrogen and oxygen atoms in total. The average molecular weight is 852 g/mol. The monoisotopic (exact) mass is 851 g/mol. The fourth-order valence-electron chi connectivity index (χ4n) is 8.97. The normalized spacial score (nSPS) is 21.1. The molecule has 0 saturated carbocycles. The van der Waals surface area contributed by atoms with Crippen molar-refractivity contribution in [3.05, 3.63) is 53.5 Å². The molecule has 4 N–H and O–H groups in total. The van der Waals surface area contributed by atoms with Gasteiger partial charge in [0.05, 0.1) is 23.0 Å². The number of nitrogens with zero attached hydrogens (tertiary/aromatic N) is 10. The van der Waals surface area contributed by atoms with Gasteiger partial charge < -0.3 is 35.6 Å². The third kappa shape index (κ3) is 9.06. The molecule has 0 unspecified atom stereocenters. The Morgan fingerprint density at radius 2 is 1.62 bits per heavy atom. The second-order valence-electron chi connectivity index (χ2n) is 16.3. The number of hydrogen-bond donors (Lipinski definition) is 3. The van der Waals surface area contributed by atoms with Gasteiger partial charge >= 0.3 is 18.2 Å². The van der Waals surface area contributed by atoms with Crippen LogP contribution >= 0.6 is 0 Å². The molecule has 8 rings (SSSR count). The first-order chi connectivity index (χ1) is 29.2. The number of alkyl halides is 3. The van der Waals surface area contributed by atoms with Gasteiger partial charge in [-0.15, -0.1) is 10.2 Å². The molecule has 0 bridgehead atoms. The number of anilines is 6. The van der Waals surface area contributed by atoms with Gasteiger partial charge in [-0.3, -0.25) is 24.7 Å². The number of urea groups is 2. The predicted octanol–water partition coefficient (Wildman–Crippen LogP) is 3.69. The van der Waals surface area contributed by atoms with Gasteiger partial charge in [-0.2, -0.15) is 18.2 Å². The van der Waals surface area contributed by atoms with E-state index in [1.165, 1.54) is 12.1 Å². The molecule has 6 amide bonds. The van der Waals surface area contributed by atoms with Crippen LogP contribution < -0.4 is 36.0 Å². The molecule has 0 radical (unpaired) electrons. The van der Waals surface area contributed by atoms with Crippen molar-refractivity contribution in [1.82, 2.24) is 35.2 Å². The molecule has 1 atom stereocenters. The summed E-state index contributed by atoms with van der Waals surface area (Å²) in [6, 6.07) is 7.83. The Labute approximate surface area is 349 Å². The standard InChI is InChI=1S/C40H49F4N13O4/c1-51-15-20-56(39(51)61)28-3-2-11-55(24-28)37-48-36(34(35(45)59)49-50-37)46-26-4-6-32(30(41)21-26)54-18-16-52(17-19-54)23-25-8-12-53(13-9-25)27-5-7-31(29(22-27)40(42,43)44)57-14-10-33(58)47-38(57)60/h4-7,21-22,25,28H,2-3,8-20,23-24H2,1H3,(H2,45,59)(H,46,48,50)(H,47,58,60)/t28-/m1/s1. The number of benzene rings is 2. The summed E-state index contributed by atoms with van der Waals surface area (Å²) in [5, 5.41) is 13.3. The van der Waals surface area contributed by atoms with Crippen LogP contribution in [0.4, 0.5) is 61.7 Å². The Morgan fingerprint density at radius 3 is 2.30 bits per heavy atom. The highest BCUT2D eigenvalue weighted by Crippen LogP contribution is 2.40. The number of piperazine rings is 1. The number of carbonyl (C=O) groups is 4. The zero-order valence-electron chi connectivity index (χ0n) is 33.8. The summed E-state index contributed by atoms with van der Waals surface area (Å²) in [5.74, 6) is -1.15. The number of amides is 6. The largest absolute Gasteiger partial charge is 0.418 e. The molecular weight excluding hydrogens is 803 g/mol. The van der Waals surface area contributed by atoms with Crippen LogP contribution in [0.15, 0.2) is 36.4 Å². The number of halogens is 4. The number of primary amides is 1. The fraction of sp³-hybridized carbons (Fsp3) is 0.525. The highest BCUT2D eigenvalue weighted by molar-refractivity contribution is 6.06. The highest BCUT2D eigenvalue weighted by Gasteiger charge is 2.39. The van der Waals surface area contributed by atoms with E-state index in [0.29, 0.717) is 88.4 Å². The number of hydrogen-bond acceptors (Lipinski definition) is 12. The molecule has 3 aromatic rings. The second-order valence-corrected chi connectivity index (χ2v) is 16.3. The lowest BCUT2D eigenvalue weighted by atomic mass is 9.95. The molecule has 326 valence electrons. The summed E-state index contributed by atoms with van der Waals surface area (Å²) in [5.41, 5.74) is 5.45. The first kappa shape index (κ1) is 41.7. The van der Waals surface area contributed by atoms with Crippen LogP contribution in [-0.4, -0.2) is 145 Å². The summed E-state index contributed by atoms with van der Waals surface area (Å²) in [6.07, 6.45) is -1.53. The third-order valence-corrected chi connectivity index (χ3v) is 12.3. The number of aromatic nitrogens is 3. The summed E-state index contributed by atoms with van der Waals surface area (Å²) >= 11 is 0. The van der Waals surface area contributed by atoms with Gasteiger partial charge in [-0.05, 0) is 68.0 Å². The van der Waals surface area contributed by atoms with Crippen molar-refractivity contribution in [1.29, 1.82) is 0 Å². The zero-order chi connectivity index (χ0) is 43.0. The van der Waals surface area contributed by atoms with Crippen molar-refractivity contribution >= 4 is 58.4 Å². The molecule has 0 spiro atoms. The average Bonchev–Trinajstić information content (AvgIpc) is 3.58. The van der Waals surface area contributed by atoms with Crippen LogP contribution in [0.1, 0.15) is 48.2 Å². The number of rotatable bonds is 10. The van der Waals surface area contributed by atoms with E-state index in [0.717, 1.165) is 43.2 Å². The second kappa shape index (κ2) is 17.2. The molecule has 1 aromatic heterocycles. The number of nitrogens with one attached hydrogen (secondary N) is 2. The van der Waals surface area contributed by atoms with Gasteiger partial charge in [0.1, 0.15) is 5.82 Å². The van der Waals surface area contributed by atoms with Gasteiger partial charge in [-0.25, -0.2) is 14.0 Å². The summed E-state index contributed by atoms with van der Waals surface area (Å²) in [4.78, 5) is 66.1. The number of imide groups is 1. The van der Waals surface area contributed by atoms with E-state index in [1.54, 1.807) is 30.1 Å². The molecule has 5 aliphatic heterocycles. The summed E-state index contributed by atoms with van der Waals surface area (Å²) in [7, 11) is 1.78. The third-order valence-electron chi connectivity index (χ3n) is 12.3. The Bertz CT molecular complexity index is 2160. The Kier molecular flexibility index (Phi) is 11.7. The van der Waals surface area contributed by atoms with E-state index in [-0.39, 0.29) is 48.2 Å². The number of piperidine rings is 2. The van der Waals surface area contributed by atoms with Gasteiger partial charge in [0.25, 0.3) is 5.91 Å². The maximum atomic E-state index is 15.7. The van der Waals surface area contributed by atoms with Gasteiger partial charge in [0.2, 0.25) is 11.9 Å². The van der Waals surface area contributed by atoms with E-state index >= 15 is 4.39 Å². The van der Waals surface area contributed by atoms with E-state index in [9.17, 15) is 32.3 Å². The Balaban J connectivity index is 0.842. The lowest BCUT2D eigenvalue weighted by molar-refractivity contribution is -0.137. The van der Waals surface area contributed by atoms with Crippen molar-refractivity contribution in [2.24, 2.45) is 11.7 Å². The Morgan fingerprint density at radius 1 is 0.869 bits per heavy atom. The lowest BCUT2D eigenvalue weighted by Crippen LogP contribution is -2.50. The van der Waals surface area contributed by atoms with Crippen molar-refractivity contribution in [2.75, 3.05) is 111 Å². The maximum Gasteiger partial charge on any atom is 0.418 e. The van der Waals surface area contributed by atoms with Crippen LogP contribution in [0.2, 0.25) is 0 Å². The molecule has 2 aromatic carbocycles. The first-order valence-electron chi connectivity index (χ1n) is 20.6. The van der Waals surface area contributed by atoms with Gasteiger partial charge in [0, 0.05) is 103 Å². The molecule has 5 saturated heterocycles. The van der Waals surface area contributed by atoms with Crippen molar-refractivity contribution in [2.45, 2.75) is 44.3 Å². The topological polar surface area (TPSA) is 180 Å². The number of likely N-dealkylation sites (N-methyl/N-ethyl adjacent to an activating group) is 1. The molecule has 6 heterocycles. The Hall–Kier alpha value is -5.99. The van der Waals surface area contributed by atoms with E-state index < -0.39 is 35.4 Å². The highest BCUT2D eigenvalue weighted by atomic mass is 19.4. The van der Waals surface area contributed by atoms with Crippen LogP contribution in [-0.2, 0) is 11.0 Å². The van der Waals surface area contributed by atoms with Crippen molar-refractivity contribution in [3.8, 4) is 0 Å². The quantitative estimate of drug-likeness (QED) is 0.253. The summed E-state index contributed by atoms with van der Waals surface area (Å²) < 4.78 is 58.3.